The van der Waals surface area contributed by atoms with Gasteiger partial charge in [0.1, 0.15) is 5.69 Å². The number of rotatable bonds is 4. The van der Waals surface area contributed by atoms with E-state index < -0.39 is 22.4 Å². The molecule has 0 atom stereocenters. The van der Waals surface area contributed by atoms with Crippen LogP contribution in [0.3, 0.4) is 0 Å². The quantitative estimate of drug-likeness (QED) is 0.512. The van der Waals surface area contributed by atoms with Crippen molar-refractivity contribution >= 4 is 17.1 Å². The van der Waals surface area contributed by atoms with E-state index in [0.29, 0.717) is 17.5 Å². The van der Waals surface area contributed by atoms with E-state index in [4.69, 9.17) is 0 Å². The van der Waals surface area contributed by atoms with Gasteiger partial charge in [0.15, 0.2) is 0 Å². The van der Waals surface area contributed by atoms with Crippen LogP contribution in [-0.4, -0.2) is 15.6 Å². The average molecular weight is 312 g/mol. The number of hydrogen-bond acceptors (Lipinski definition) is 4. The van der Waals surface area contributed by atoms with Crippen molar-refractivity contribution < 1.29 is 18.1 Å². The predicted octanol–water partition coefficient (Wildman–Crippen LogP) is 3.78. The molecule has 1 aromatic carbocycles. The van der Waals surface area contributed by atoms with Gasteiger partial charge in [-0.1, -0.05) is 0 Å². The van der Waals surface area contributed by atoms with Gasteiger partial charge in [-0.05, 0) is 31.2 Å². The van der Waals surface area contributed by atoms with Gasteiger partial charge in [-0.15, -0.1) is 0 Å². The van der Waals surface area contributed by atoms with E-state index in [1.165, 1.54) is 0 Å². The van der Waals surface area contributed by atoms with Crippen molar-refractivity contribution in [2.45, 2.75) is 13.1 Å². The standard InChI is InChI=1S/C13H11F3N4O2/c1-8(10-3-2-6-17-10)18-19-11-5-4-9(13(14,15)16)7-12(11)20(21)22/h2-7,17,19H,1H3/b18-8+. The highest BCUT2D eigenvalue weighted by Crippen LogP contribution is 2.34. The van der Waals surface area contributed by atoms with Crippen LogP contribution in [0.15, 0.2) is 41.6 Å². The molecule has 1 aromatic heterocycles. The summed E-state index contributed by atoms with van der Waals surface area (Å²) in [5, 5.41) is 14.8. The SMILES string of the molecule is C/C(=N\Nc1ccc(C(F)(F)F)cc1[N+](=O)[O-])c1ccc[nH]1. The summed E-state index contributed by atoms with van der Waals surface area (Å²) >= 11 is 0. The van der Waals surface area contributed by atoms with Crippen LogP contribution < -0.4 is 5.43 Å². The van der Waals surface area contributed by atoms with E-state index in [-0.39, 0.29) is 5.69 Å². The molecule has 0 aliphatic heterocycles. The lowest BCUT2D eigenvalue weighted by Crippen LogP contribution is -2.07. The number of aromatic amines is 1. The predicted molar refractivity (Wildman–Crippen MR) is 74.7 cm³/mol. The maximum Gasteiger partial charge on any atom is 0.416 e. The molecule has 0 saturated carbocycles. The number of halogens is 3. The summed E-state index contributed by atoms with van der Waals surface area (Å²) in [7, 11) is 0. The van der Waals surface area contributed by atoms with Crippen LogP contribution in [0.4, 0.5) is 24.5 Å². The molecule has 0 spiro atoms. The number of hydrazone groups is 1. The normalized spacial score (nSPS) is 12.3. The zero-order chi connectivity index (χ0) is 16.3. The van der Waals surface area contributed by atoms with E-state index in [1.54, 1.807) is 25.3 Å². The Balaban J connectivity index is 2.31. The number of alkyl halides is 3. The molecular weight excluding hydrogens is 301 g/mol. The number of H-pyrrole nitrogens is 1. The minimum atomic E-state index is -4.65. The Kier molecular flexibility index (Phi) is 4.15. The molecule has 2 rings (SSSR count). The molecule has 0 aliphatic carbocycles. The number of nitrogens with zero attached hydrogens (tertiary/aromatic N) is 2. The third-order valence-electron chi connectivity index (χ3n) is 2.85. The summed E-state index contributed by atoms with van der Waals surface area (Å²) in [5.74, 6) is 0. The maximum atomic E-state index is 12.6. The Morgan fingerprint density at radius 1 is 1.36 bits per heavy atom. The van der Waals surface area contributed by atoms with Crippen molar-refractivity contribution in [3.8, 4) is 0 Å². The number of nitrogens with one attached hydrogen (secondary N) is 2. The third-order valence-corrected chi connectivity index (χ3v) is 2.85. The number of nitro groups is 1. The molecule has 0 fully saturated rings. The minimum absolute atomic E-state index is 0.121. The van der Waals surface area contributed by atoms with Crippen LogP contribution in [0.1, 0.15) is 18.2 Å². The molecule has 1 heterocycles. The lowest BCUT2D eigenvalue weighted by molar-refractivity contribution is -0.384. The molecule has 2 aromatic rings. The van der Waals surface area contributed by atoms with Crippen molar-refractivity contribution in [1.82, 2.24) is 4.98 Å². The molecule has 116 valence electrons. The molecule has 0 unspecified atom stereocenters. The van der Waals surface area contributed by atoms with Crippen LogP contribution in [0.2, 0.25) is 0 Å². The molecule has 0 amide bonds. The molecule has 0 aliphatic rings. The first-order valence-electron chi connectivity index (χ1n) is 6.08. The Hall–Kier alpha value is -2.84. The second-order valence-corrected chi connectivity index (χ2v) is 4.38. The monoisotopic (exact) mass is 312 g/mol. The maximum absolute atomic E-state index is 12.6. The topological polar surface area (TPSA) is 83.3 Å². The molecular formula is C13H11F3N4O2. The highest BCUT2D eigenvalue weighted by atomic mass is 19.4. The molecule has 6 nitrogen and oxygen atoms in total. The van der Waals surface area contributed by atoms with Crippen LogP contribution in [0.5, 0.6) is 0 Å². The minimum Gasteiger partial charge on any atom is -0.360 e. The van der Waals surface area contributed by atoms with E-state index >= 15 is 0 Å². The number of nitro benzene ring substituents is 1. The fraction of sp³-hybridized carbons (Fsp3) is 0.154. The van der Waals surface area contributed by atoms with E-state index in [9.17, 15) is 23.3 Å². The van der Waals surface area contributed by atoms with Gasteiger partial charge < -0.3 is 4.98 Å². The van der Waals surface area contributed by atoms with Gasteiger partial charge in [0, 0.05) is 12.3 Å². The number of hydrogen-bond donors (Lipinski definition) is 2. The van der Waals surface area contributed by atoms with Gasteiger partial charge in [0.25, 0.3) is 5.69 Å². The van der Waals surface area contributed by atoms with E-state index in [2.05, 4.69) is 15.5 Å². The van der Waals surface area contributed by atoms with Crippen LogP contribution in [0.25, 0.3) is 0 Å². The second-order valence-electron chi connectivity index (χ2n) is 4.38. The summed E-state index contributed by atoms with van der Waals surface area (Å²) < 4.78 is 37.8. The molecule has 22 heavy (non-hydrogen) atoms. The van der Waals surface area contributed by atoms with Gasteiger partial charge in [-0.2, -0.15) is 18.3 Å². The zero-order valence-corrected chi connectivity index (χ0v) is 11.3. The van der Waals surface area contributed by atoms with Crippen molar-refractivity contribution in [3.63, 3.8) is 0 Å². The highest BCUT2D eigenvalue weighted by Gasteiger charge is 2.33. The summed E-state index contributed by atoms with van der Waals surface area (Å²) in [4.78, 5) is 12.9. The fourth-order valence-corrected chi connectivity index (χ4v) is 1.71. The Morgan fingerprint density at radius 2 is 2.09 bits per heavy atom. The largest absolute Gasteiger partial charge is 0.416 e. The second kappa shape index (κ2) is 5.88. The van der Waals surface area contributed by atoms with Crippen LogP contribution in [0, 0.1) is 10.1 Å². The highest BCUT2D eigenvalue weighted by molar-refractivity contribution is 5.97. The number of anilines is 1. The Morgan fingerprint density at radius 3 is 2.64 bits per heavy atom. The van der Waals surface area contributed by atoms with Crippen LogP contribution >= 0.6 is 0 Å². The van der Waals surface area contributed by atoms with Gasteiger partial charge in [0.2, 0.25) is 0 Å². The molecule has 2 N–H and O–H groups in total. The summed E-state index contributed by atoms with van der Waals surface area (Å²) in [6, 6.07) is 5.69. The van der Waals surface area contributed by atoms with Gasteiger partial charge in [-0.25, -0.2) is 0 Å². The summed E-state index contributed by atoms with van der Waals surface area (Å²) in [6.07, 6.45) is -2.97. The molecule has 0 bridgehead atoms. The number of aromatic nitrogens is 1. The smallest absolute Gasteiger partial charge is 0.360 e. The Labute approximate surface area is 122 Å². The summed E-state index contributed by atoms with van der Waals surface area (Å²) in [5.41, 5.74) is 1.70. The zero-order valence-electron chi connectivity index (χ0n) is 11.3. The summed E-state index contributed by atoms with van der Waals surface area (Å²) in [6.45, 7) is 1.65. The van der Waals surface area contributed by atoms with Gasteiger partial charge in [-0.3, -0.25) is 15.5 Å². The third kappa shape index (κ3) is 3.43. The van der Waals surface area contributed by atoms with Crippen molar-refractivity contribution in [2.24, 2.45) is 5.10 Å². The van der Waals surface area contributed by atoms with E-state index in [0.717, 1.165) is 12.1 Å². The van der Waals surface area contributed by atoms with Crippen molar-refractivity contribution in [1.29, 1.82) is 0 Å². The van der Waals surface area contributed by atoms with E-state index in [1.807, 2.05) is 0 Å². The molecule has 0 saturated heterocycles. The first-order chi connectivity index (χ1) is 10.3. The number of benzene rings is 1. The Bertz CT molecular complexity index is 709. The lowest BCUT2D eigenvalue weighted by atomic mass is 10.1. The average Bonchev–Trinajstić information content (AvgIpc) is 2.97. The van der Waals surface area contributed by atoms with Crippen LogP contribution in [-0.2, 0) is 6.18 Å². The van der Waals surface area contributed by atoms with Gasteiger partial charge >= 0.3 is 6.18 Å². The lowest BCUT2D eigenvalue weighted by Gasteiger charge is -2.08. The first-order valence-corrected chi connectivity index (χ1v) is 6.08. The van der Waals surface area contributed by atoms with Crippen molar-refractivity contribution in [3.05, 3.63) is 57.9 Å². The fourth-order valence-electron chi connectivity index (χ4n) is 1.71. The van der Waals surface area contributed by atoms with Crippen molar-refractivity contribution in [2.75, 3.05) is 5.43 Å². The molecule has 0 radical (unpaired) electrons. The molecule has 9 heteroatoms. The first kappa shape index (κ1) is 15.5. The van der Waals surface area contributed by atoms with Gasteiger partial charge in [0.05, 0.1) is 21.9 Å².